The Morgan fingerprint density at radius 1 is 0.500 bits per heavy atom. The molecule has 0 radical (unpaired) electrons. The topological polar surface area (TPSA) is 18.5 Å². The first kappa shape index (κ1) is 24.7. The zero-order valence-electron chi connectivity index (χ0n) is 22.2. The highest BCUT2D eigenvalue weighted by Gasteiger charge is 2.36. The van der Waals surface area contributed by atoms with Crippen molar-refractivity contribution < 1.29 is 9.47 Å². The summed E-state index contributed by atoms with van der Waals surface area (Å²) in [5.41, 5.74) is 0.841. The minimum atomic E-state index is -0.234. The van der Waals surface area contributed by atoms with Gasteiger partial charge in [-0.15, -0.1) is 11.3 Å². The lowest BCUT2D eigenvalue weighted by atomic mass is 9.89. The molecule has 0 atom stereocenters. The monoisotopic (exact) mass is 494 g/mol. The van der Waals surface area contributed by atoms with Crippen LogP contribution in [0, 0.1) is 6.92 Å². The molecule has 5 aromatic carbocycles. The smallest absolute Gasteiger partial charge is 0.0905 e. The summed E-state index contributed by atoms with van der Waals surface area (Å²) in [6, 6.07) is 29.2. The summed E-state index contributed by atoms with van der Waals surface area (Å²) in [7, 11) is 3.39. The zero-order chi connectivity index (χ0) is 25.7. The van der Waals surface area contributed by atoms with Crippen LogP contribution in [0.25, 0.3) is 52.5 Å². The molecule has 184 valence electrons. The SMILES string of the molecule is COC(C)(C)C(C)(C)OC.Cc1ccc2c(c1)c1ccccc1c1cc3sc4ccccc4c3cc21. The molecule has 0 amide bonds. The summed E-state index contributed by atoms with van der Waals surface area (Å²) in [4.78, 5) is 0. The van der Waals surface area contributed by atoms with Gasteiger partial charge in [0, 0.05) is 34.4 Å². The summed E-state index contributed by atoms with van der Waals surface area (Å²) >= 11 is 1.89. The van der Waals surface area contributed by atoms with Gasteiger partial charge in [-0.3, -0.25) is 0 Å². The zero-order valence-corrected chi connectivity index (χ0v) is 23.0. The molecule has 0 saturated carbocycles. The van der Waals surface area contributed by atoms with Gasteiger partial charge in [-0.1, -0.05) is 66.2 Å². The van der Waals surface area contributed by atoms with E-state index in [0.29, 0.717) is 0 Å². The molecule has 1 heterocycles. The summed E-state index contributed by atoms with van der Waals surface area (Å²) in [6.07, 6.45) is 0. The van der Waals surface area contributed by atoms with Gasteiger partial charge in [0.05, 0.1) is 11.2 Å². The first-order chi connectivity index (χ1) is 17.2. The van der Waals surface area contributed by atoms with Crippen molar-refractivity contribution in [2.45, 2.75) is 45.8 Å². The summed E-state index contributed by atoms with van der Waals surface area (Å²) in [5.74, 6) is 0. The third-order valence-electron chi connectivity index (χ3n) is 7.96. The van der Waals surface area contributed by atoms with E-state index in [0.717, 1.165) is 0 Å². The fraction of sp³-hybridized carbons (Fsp3) is 0.273. The third kappa shape index (κ3) is 4.06. The summed E-state index contributed by atoms with van der Waals surface area (Å²) in [6.45, 7) is 10.2. The average molecular weight is 495 g/mol. The van der Waals surface area contributed by atoms with E-state index in [-0.39, 0.29) is 11.2 Å². The molecule has 6 aromatic rings. The van der Waals surface area contributed by atoms with Crippen molar-refractivity contribution >= 4 is 63.8 Å². The second kappa shape index (κ2) is 9.15. The van der Waals surface area contributed by atoms with Gasteiger partial charge in [-0.05, 0) is 85.1 Å². The lowest BCUT2D eigenvalue weighted by molar-refractivity contribution is -0.147. The first-order valence-corrected chi connectivity index (χ1v) is 13.2. The standard InChI is InChI=1S/C25H16S.C8H18O2/c1-15-10-11-18-20(12-15)16-6-2-3-7-17(16)22-14-25-23(13-21(18)22)19-8-4-5-9-24(19)26-25;1-7(2,9-5)8(3,4)10-6/h2-14H,1H3;1-6H3. The molecule has 0 N–H and O–H groups in total. The van der Waals surface area contributed by atoms with Crippen molar-refractivity contribution in [1.29, 1.82) is 0 Å². The molecule has 0 fully saturated rings. The van der Waals surface area contributed by atoms with Crippen LogP contribution in [0.5, 0.6) is 0 Å². The third-order valence-corrected chi connectivity index (χ3v) is 9.09. The Kier molecular flexibility index (Phi) is 6.28. The first-order valence-electron chi connectivity index (χ1n) is 12.4. The van der Waals surface area contributed by atoms with E-state index in [1.165, 1.54) is 58.1 Å². The largest absolute Gasteiger partial charge is 0.376 e. The number of fused-ring (bicyclic) bond motifs is 9. The van der Waals surface area contributed by atoms with E-state index in [9.17, 15) is 0 Å². The minimum absolute atomic E-state index is 0.234. The molecule has 6 rings (SSSR count). The van der Waals surface area contributed by atoms with Gasteiger partial charge in [-0.25, -0.2) is 0 Å². The van der Waals surface area contributed by atoms with Gasteiger partial charge in [-0.2, -0.15) is 0 Å². The Hall–Kier alpha value is -2.98. The van der Waals surface area contributed by atoms with Gasteiger partial charge in [0.2, 0.25) is 0 Å². The normalized spacial score (nSPS) is 12.5. The van der Waals surface area contributed by atoms with Crippen LogP contribution in [0.2, 0.25) is 0 Å². The van der Waals surface area contributed by atoms with Crippen molar-refractivity contribution in [3.63, 3.8) is 0 Å². The fourth-order valence-electron chi connectivity index (χ4n) is 4.78. The lowest BCUT2D eigenvalue weighted by Gasteiger charge is -2.38. The van der Waals surface area contributed by atoms with Crippen molar-refractivity contribution in [3.8, 4) is 0 Å². The molecule has 0 aliphatic rings. The van der Waals surface area contributed by atoms with Crippen molar-refractivity contribution in [1.82, 2.24) is 0 Å². The number of benzene rings is 5. The van der Waals surface area contributed by atoms with E-state index >= 15 is 0 Å². The lowest BCUT2D eigenvalue weighted by Crippen LogP contribution is -2.48. The number of methoxy groups -OCH3 is 2. The maximum absolute atomic E-state index is 5.27. The highest BCUT2D eigenvalue weighted by Crippen LogP contribution is 2.41. The number of thiophene rings is 1. The second-order valence-corrected chi connectivity index (χ2v) is 11.6. The molecule has 0 aliphatic carbocycles. The van der Waals surface area contributed by atoms with Crippen LogP contribution in [-0.4, -0.2) is 25.4 Å². The van der Waals surface area contributed by atoms with Crippen LogP contribution in [0.4, 0.5) is 0 Å². The Morgan fingerprint density at radius 2 is 1.00 bits per heavy atom. The molecule has 36 heavy (non-hydrogen) atoms. The predicted octanol–water partition coefficient (Wildman–Crippen LogP) is 9.66. The van der Waals surface area contributed by atoms with Crippen LogP contribution < -0.4 is 0 Å². The van der Waals surface area contributed by atoms with E-state index in [1.807, 2.05) is 39.0 Å². The summed E-state index contributed by atoms with van der Waals surface area (Å²) < 4.78 is 13.3. The quantitative estimate of drug-likeness (QED) is 0.228. The number of ether oxygens (including phenoxy) is 2. The number of aryl methyl sites for hydroxylation is 1. The van der Waals surface area contributed by atoms with E-state index in [2.05, 4.69) is 85.8 Å². The van der Waals surface area contributed by atoms with Crippen molar-refractivity contribution in [3.05, 3.63) is 84.4 Å². The minimum Gasteiger partial charge on any atom is -0.376 e. The molecule has 3 heteroatoms. The Balaban J connectivity index is 0.000000230. The molecule has 1 aromatic heterocycles. The van der Waals surface area contributed by atoms with Gasteiger partial charge >= 0.3 is 0 Å². The van der Waals surface area contributed by atoms with Crippen molar-refractivity contribution in [2.24, 2.45) is 0 Å². The molecular weight excluding hydrogens is 460 g/mol. The van der Waals surface area contributed by atoms with Gasteiger partial charge in [0.1, 0.15) is 0 Å². The molecule has 2 nitrogen and oxygen atoms in total. The van der Waals surface area contributed by atoms with Crippen LogP contribution in [0.15, 0.2) is 78.9 Å². The summed E-state index contributed by atoms with van der Waals surface area (Å²) in [5, 5.41) is 10.8. The fourth-order valence-corrected chi connectivity index (χ4v) is 5.90. The molecule has 0 saturated heterocycles. The van der Waals surface area contributed by atoms with Crippen molar-refractivity contribution in [2.75, 3.05) is 14.2 Å². The highest BCUT2D eigenvalue weighted by atomic mass is 32.1. The molecule has 0 spiro atoms. The van der Waals surface area contributed by atoms with Gasteiger partial charge in [0.15, 0.2) is 0 Å². The van der Waals surface area contributed by atoms with E-state index in [1.54, 1.807) is 14.2 Å². The maximum Gasteiger partial charge on any atom is 0.0905 e. The van der Waals surface area contributed by atoms with Crippen LogP contribution in [0.1, 0.15) is 33.3 Å². The van der Waals surface area contributed by atoms with Gasteiger partial charge in [0.25, 0.3) is 0 Å². The Bertz CT molecular complexity index is 1710. The van der Waals surface area contributed by atoms with E-state index in [4.69, 9.17) is 9.47 Å². The average Bonchev–Trinajstić information content (AvgIpc) is 3.25. The van der Waals surface area contributed by atoms with Gasteiger partial charge < -0.3 is 9.47 Å². The molecular formula is C33H34O2S. The Morgan fingerprint density at radius 3 is 1.61 bits per heavy atom. The van der Waals surface area contributed by atoms with Crippen LogP contribution in [-0.2, 0) is 9.47 Å². The predicted molar refractivity (Wildman–Crippen MR) is 159 cm³/mol. The maximum atomic E-state index is 5.27. The highest BCUT2D eigenvalue weighted by molar-refractivity contribution is 7.25. The number of hydrogen-bond acceptors (Lipinski definition) is 3. The van der Waals surface area contributed by atoms with Crippen LogP contribution >= 0.6 is 11.3 Å². The Labute approximate surface area is 217 Å². The molecule has 0 aliphatic heterocycles. The second-order valence-electron chi connectivity index (χ2n) is 10.5. The van der Waals surface area contributed by atoms with Crippen LogP contribution in [0.3, 0.4) is 0 Å². The number of hydrogen-bond donors (Lipinski definition) is 0. The van der Waals surface area contributed by atoms with E-state index < -0.39 is 0 Å². The number of rotatable bonds is 3. The molecule has 0 bridgehead atoms. The molecule has 0 unspecified atom stereocenters.